The molecule has 2 aliphatic heterocycles. The molecule has 1 fully saturated rings. The van der Waals surface area contributed by atoms with E-state index in [4.69, 9.17) is 5.73 Å². The molecule has 3 amide bonds. The summed E-state index contributed by atoms with van der Waals surface area (Å²) in [5, 5.41) is 21.3. The number of carboxylic acid groups (broad SMARTS) is 1. The molecule has 2 aliphatic rings. The molecule has 5 heterocycles. The quantitative estimate of drug-likeness (QED) is 0.0729. The number of thioether (sulfide) groups is 1. The fourth-order valence-electron chi connectivity index (χ4n) is 4.23. The van der Waals surface area contributed by atoms with Gasteiger partial charge in [-0.2, -0.15) is 22.5 Å². The van der Waals surface area contributed by atoms with E-state index in [-0.39, 0.29) is 23.1 Å². The molecule has 0 spiro atoms. The van der Waals surface area contributed by atoms with Crippen LogP contribution in [0.25, 0.3) is 5.65 Å². The van der Waals surface area contributed by atoms with Gasteiger partial charge in [-0.25, -0.2) is 9.36 Å². The Hall–Kier alpha value is -4.79. The summed E-state index contributed by atoms with van der Waals surface area (Å²) in [7, 11) is 0. The molecule has 0 unspecified atom stereocenters. The summed E-state index contributed by atoms with van der Waals surface area (Å²) in [6.07, 6.45) is -1.22. The van der Waals surface area contributed by atoms with Gasteiger partial charge in [0.25, 0.3) is 17.6 Å². The van der Waals surface area contributed by atoms with Gasteiger partial charge in [0.2, 0.25) is 24.6 Å². The van der Waals surface area contributed by atoms with Crippen LogP contribution in [-0.4, -0.2) is 88.8 Å². The summed E-state index contributed by atoms with van der Waals surface area (Å²) in [5.41, 5.74) is 5.37. The number of nitrogens with zero attached hydrogens (tertiary/aromatic N) is 7. The summed E-state index contributed by atoms with van der Waals surface area (Å²) < 4.78 is 44.5. The third-order valence-electron chi connectivity index (χ3n) is 5.89. The van der Waals surface area contributed by atoms with E-state index in [0.717, 1.165) is 16.7 Å². The van der Waals surface area contributed by atoms with Gasteiger partial charge in [-0.15, -0.1) is 11.8 Å². The smallest absolute Gasteiger partial charge is 0.425 e. The number of amides is 3. The maximum Gasteiger partial charge on any atom is 0.425 e. The van der Waals surface area contributed by atoms with E-state index >= 15 is 0 Å². The molecule has 5 rings (SSSR count). The zero-order valence-electron chi connectivity index (χ0n) is 20.8. The van der Waals surface area contributed by atoms with Crippen LogP contribution in [0.15, 0.2) is 41.0 Å². The summed E-state index contributed by atoms with van der Waals surface area (Å²) in [6.45, 7) is -1.77. The van der Waals surface area contributed by atoms with E-state index in [1.165, 1.54) is 10.7 Å². The van der Waals surface area contributed by atoms with Gasteiger partial charge in [-0.05, 0) is 6.07 Å². The molecule has 5 N–H and O–H groups in total. The largest absolute Gasteiger partial charge is 0.477 e. The van der Waals surface area contributed by atoms with Crippen molar-refractivity contribution in [1.29, 1.82) is 0 Å². The Morgan fingerprint density at radius 2 is 2.17 bits per heavy atom. The number of alkyl halides is 3. The Morgan fingerprint density at radius 1 is 1.38 bits per heavy atom. The van der Waals surface area contributed by atoms with Crippen LogP contribution in [0.1, 0.15) is 5.82 Å². The molecule has 2 atom stereocenters. The highest BCUT2D eigenvalue weighted by molar-refractivity contribution is 8.00. The lowest BCUT2D eigenvalue weighted by molar-refractivity contribution is -0.662. The summed E-state index contributed by atoms with van der Waals surface area (Å²) in [6, 6.07) is 2.12. The molecule has 0 saturated carbocycles. The first-order valence-electron chi connectivity index (χ1n) is 11.6. The number of rotatable bonds is 10. The molecule has 0 aliphatic carbocycles. The van der Waals surface area contributed by atoms with E-state index in [0.29, 0.717) is 35.0 Å². The Bertz CT molecular complexity index is 1650. The van der Waals surface area contributed by atoms with Gasteiger partial charge in [-0.3, -0.25) is 24.6 Å². The Kier molecular flexibility index (Phi) is 7.69. The summed E-state index contributed by atoms with van der Waals surface area (Å²) in [4.78, 5) is 58.4. The Labute approximate surface area is 240 Å². The van der Waals surface area contributed by atoms with E-state index in [1.807, 2.05) is 0 Å². The van der Waals surface area contributed by atoms with Crippen molar-refractivity contribution in [1.82, 2.24) is 29.2 Å². The molecule has 16 nitrogen and oxygen atoms in total. The van der Waals surface area contributed by atoms with Crippen LogP contribution in [0.3, 0.4) is 0 Å². The van der Waals surface area contributed by atoms with Crippen molar-refractivity contribution in [2.75, 3.05) is 23.4 Å². The molecule has 0 bridgehead atoms. The predicted molar refractivity (Wildman–Crippen MR) is 138 cm³/mol. The number of hydrogen-bond donors (Lipinski definition) is 4. The highest BCUT2D eigenvalue weighted by Gasteiger charge is 2.54. The van der Waals surface area contributed by atoms with Crippen LogP contribution in [0.5, 0.6) is 0 Å². The summed E-state index contributed by atoms with van der Waals surface area (Å²) >= 11 is 1.82. The number of imidazole rings is 1. The number of fused-ring (bicyclic) bond motifs is 2. The first-order valence-corrected chi connectivity index (χ1v) is 13.4. The lowest BCUT2D eigenvalue weighted by Gasteiger charge is -2.49. The number of carbonyl (C=O) groups is 4. The summed E-state index contributed by atoms with van der Waals surface area (Å²) in [5.74, 6) is -3.22. The number of aliphatic carboxylic acids is 1. The van der Waals surface area contributed by atoms with Crippen molar-refractivity contribution in [2.45, 2.75) is 24.1 Å². The maximum absolute atomic E-state index is 13.1. The third kappa shape index (κ3) is 5.54. The zero-order valence-corrected chi connectivity index (χ0v) is 22.4. The van der Waals surface area contributed by atoms with Gasteiger partial charge in [-0.1, -0.05) is 14.8 Å². The number of nitrogen functional groups attached to an aromatic ring is 1. The molecule has 220 valence electrons. The number of carboxylic acids is 1. The molecule has 0 aromatic carbocycles. The topological polar surface area (TPSA) is 210 Å². The van der Waals surface area contributed by atoms with Crippen molar-refractivity contribution in [2.24, 2.45) is 5.16 Å². The van der Waals surface area contributed by atoms with E-state index in [1.54, 1.807) is 22.9 Å². The second-order valence-corrected chi connectivity index (χ2v) is 10.5. The number of oxime groups is 1. The van der Waals surface area contributed by atoms with Gasteiger partial charge in [0.05, 0.1) is 6.20 Å². The van der Waals surface area contributed by atoms with Crippen molar-refractivity contribution >= 4 is 69.8 Å². The van der Waals surface area contributed by atoms with Crippen LogP contribution < -0.4 is 20.9 Å². The fraction of sp³-hybridized carbons (Fsp3) is 0.286. The van der Waals surface area contributed by atoms with E-state index in [2.05, 4.69) is 35.1 Å². The molecule has 3 aromatic heterocycles. The zero-order chi connectivity index (χ0) is 30.2. The van der Waals surface area contributed by atoms with Gasteiger partial charge in [0.1, 0.15) is 23.7 Å². The molecular weight excluding hydrogens is 609 g/mol. The Morgan fingerprint density at radius 3 is 2.83 bits per heavy atom. The second-order valence-electron chi connectivity index (χ2n) is 8.60. The SMILES string of the molecule is Nc1nc(/C(=N/OCC(F)(F)F)C(=O)N[C@@H]2C(=O)N3C(C(=O)O)=C(C[n+]4cc(NC=O)n5ncccc54)CS[C@H]23)ns1. The third-order valence-corrected chi connectivity index (χ3v) is 7.77. The number of carbonyl (C=O) groups excluding carboxylic acids is 3. The van der Waals surface area contributed by atoms with Gasteiger partial charge >= 0.3 is 17.8 Å². The van der Waals surface area contributed by atoms with Crippen LogP contribution in [0.2, 0.25) is 0 Å². The molecule has 1 saturated heterocycles. The van der Waals surface area contributed by atoms with Crippen molar-refractivity contribution in [3.05, 3.63) is 41.6 Å². The van der Waals surface area contributed by atoms with Crippen molar-refractivity contribution in [3.63, 3.8) is 0 Å². The van der Waals surface area contributed by atoms with Crippen LogP contribution in [-0.2, 0) is 30.6 Å². The van der Waals surface area contributed by atoms with Crippen LogP contribution in [0, 0.1) is 0 Å². The van der Waals surface area contributed by atoms with Crippen LogP contribution in [0.4, 0.5) is 24.1 Å². The minimum atomic E-state index is -4.74. The number of nitrogens with one attached hydrogen (secondary N) is 2. The number of β-lactam (4-membered cyclic amide) rings is 1. The minimum absolute atomic E-state index is 0.0299. The molecule has 21 heteroatoms. The average molecular weight is 628 g/mol. The lowest BCUT2D eigenvalue weighted by atomic mass is 10.0. The first kappa shape index (κ1) is 28.7. The lowest BCUT2D eigenvalue weighted by Crippen LogP contribution is -2.71. The molecule has 3 aromatic rings. The monoisotopic (exact) mass is 627 g/mol. The molecule has 42 heavy (non-hydrogen) atoms. The van der Waals surface area contributed by atoms with E-state index in [9.17, 15) is 37.5 Å². The first-order chi connectivity index (χ1) is 20.0. The van der Waals surface area contributed by atoms with Crippen molar-refractivity contribution < 1.29 is 46.9 Å². The number of anilines is 2. The van der Waals surface area contributed by atoms with E-state index < -0.39 is 53.5 Å². The molecule has 0 radical (unpaired) electrons. The average Bonchev–Trinajstić information content (AvgIpc) is 3.52. The van der Waals surface area contributed by atoms with Crippen LogP contribution >= 0.6 is 23.3 Å². The standard InChI is InChI=1S/C21H17F3N10O6S2/c22-21(23,24)7-40-30-12(15-29-20(25)42-31-15)16(36)28-13-17(37)33-14(19(38)39)9(6-41-18(13)33)4-32-5-10(26-8-35)34-11(32)2-1-3-27-34/h1-3,5,8,13,18H,4,6-7H2,(H4-,25,26,27,28,29,31,35,36,38,39)/p+1/b30-12-/t13-,18-/m1/s1. The number of nitrogens with two attached hydrogens (primary N) is 1. The normalized spacial score (nSPS) is 18.9. The highest BCUT2D eigenvalue weighted by atomic mass is 32.2. The van der Waals surface area contributed by atoms with Gasteiger partial charge < -0.3 is 21.0 Å². The Balaban J connectivity index is 1.37. The van der Waals surface area contributed by atoms with Gasteiger partial charge in [0.15, 0.2) is 11.3 Å². The molecular formula is C21H18F3N10O6S2+. The van der Waals surface area contributed by atoms with Crippen molar-refractivity contribution in [3.8, 4) is 0 Å². The highest BCUT2D eigenvalue weighted by Crippen LogP contribution is 2.40. The van der Waals surface area contributed by atoms with Gasteiger partial charge in [0, 0.05) is 28.9 Å². The number of aromatic nitrogens is 5. The number of halogens is 3. The number of hydrogen-bond acceptors (Lipinski definition) is 12. The minimum Gasteiger partial charge on any atom is -0.477 e. The second kappa shape index (κ2) is 11.2. The fourth-order valence-corrected chi connectivity index (χ4v) is 6.00. The maximum atomic E-state index is 13.1. The predicted octanol–water partition coefficient (Wildman–Crippen LogP) is -0.654.